The molecule has 1 fully saturated rings. The number of hydrazine groups is 1. The van der Waals surface area contributed by atoms with Crippen LogP contribution in [0.4, 0.5) is 5.69 Å². The van der Waals surface area contributed by atoms with Crippen molar-refractivity contribution < 1.29 is 4.79 Å². The van der Waals surface area contributed by atoms with Crippen LogP contribution in [0.3, 0.4) is 0 Å². The van der Waals surface area contributed by atoms with Gasteiger partial charge in [-0.1, -0.05) is 18.2 Å². The summed E-state index contributed by atoms with van der Waals surface area (Å²) in [5, 5.41) is 2.94. The number of carbonyl (C=O) groups is 1. The zero-order valence-corrected chi connectivity index (χ0v) is 9.17. The van der Waals surface area contributed by atoms with Crippen LogP contribution in [0.5, 0.6) is 0 Å². The molecule has 1 atom stereocenters. The Kier molecular flexibility index (Phi) is 1.95. The lowest BCUT2D eigenvalue weighted by molar-refractivity contribution is -0.118. The lowest BCUT2D eigenvalue weighted by Crippen LogP contribution is -2.50. The van der Waals surface area contributed by atoms with E-state index in [1.165, 1.54) is 11.8 Å². The molecule has 5 nitrogen and oxygen atoms in total. The molecular weight excluding hydrogens is 224 g/mol. The third kappa shape index (κ3) is 1.11. The molecule has 0 bridgehead atoms. The van der Waals surface area contributed by atoms with Gasteiger partial charge in [0.1, 0.15) is 0 Å². The first-order valence-electron chi connectivity index (χ1n) is 4.86. The summed E-state index contributed by atoms with van der Waals surface area (Å²) in [7, 11) is 0. The summed E-state index contributed by atoms with van der Waals surface area (Å²) in [6.07, 6.45) is 0. The standard InChI is InChI=1S/C10H10N4OS/c11-14-9-10(13-8(15)5-16-10)6-3-1-2-4-7(6)12-9/h1-4H,5,11H2,(H,12,14)(H,13,15). The normalized spacial score (nSPS) is 26.6. The number of hydrogen-bond donors (Lipinski definition) is 3. The average molecular weight is 234 g/mol. The van der Waals surface area contributed by atoms with Crippen LogP contribution in [0.2, 0.25) is 0 Å². The van der Waals surface area contributed by atoms with E-state index in [-0.39, 0.29) is 5.91 Å². The SMILES string of the molecule is NNC1=Nc2ccccc2C12NC(=O)CS2. The Hall–Kier alpha value is -1.53. The zero-order chi connectivity index (χ0) is 11.2. The maximum absolute atomic E-state index is 11.4. The van der Waals surface area contributed by atoms with E-state index in [4.69, 9.17) is 5.84 Å². The molecule has 1 spiro atoms. The summed E-state index contributed by atoms with van der Waals surface area (Å²) in [6, 6.07) is 7.71. The number of fused-ring (bicyclic) bond motifs is 2. The molecule has 16 heavy (non-hydrogen) atoms. The summed E-state index contributed by atoms with van der Waals surface area (Å²) < 4.78 is 0. The molecule has 0 aromatic heterocycles. The molecule has 0 radical (unpaired) electrons. The number of nitrogens with two attached hydrogens (primary N) is 1. The first kappa shape index (κ1) is 9.68. The van der Waals surface area contributed by atoms with E-state index in [0.717, 1.165) is 11.3 Å². The van der Waals surface area contributed by atoms with Gasteiger partial charge in [0.05, 0.1) is 11.4 Å². The second-order valence-electron chi connectivity index (χ2n) is 3.64. The fraction of sp³-hybridized carbons (Fsp3) is 0.200. The maximum atomic E-state index is 11.4. The summed E-state index contributed by atoms with van der Waals surface area (Å²) in [5.41, 5.74) is 4.42. The van der Waals surface area contributed by atoms with E-state index < -0.39 is 4.87 Å². The molecule has 2 heterocycles. The number of nitrogens with one attached hydrogen (secondary N) is 2. The van der Waals surface area contributed by atoms with Crippen LogP contribution in [0.15, 0.2) is 29.3 Å². The van der Waals surface area contributed by atoms with Crippen LogP contribution in [0.1, 0.15) is 5.56 Å². The molecule has 6 heteroatoms. The van der Waals surface area contributed by atoms with Gasteiger partial charge in [0.15, 0.2) is 10.7 Å². The van der Waals surface area contributed by atoms with Crippen LogP contribution < -0.4 is 16.6 Å². The van der Waals surface area contributed by atoms with Crippen molar-refractivity contribution in [3.05, 3.63) is 29.8 Å². The molecule has 0 aliphatic carbocycles. The third-order valence-corrected chi connectivity index (χ3v) is 4.08. The zero-order valence-electron chi connectivity index (χ0n) is 8.36. The highest BCUT2D eigenvalue weighted by molar-refractivity contribution is 8.02. The highest BCUT2D eigenvalue weighted by Crippen LogP contribution is 2.47. The molecule has 0 saturated carbocycles. The Morgan fingerprint density at radius 2 is 2.31 bits per heavy atom. The first-order valence-corrected chi connectivity index (χ1v) is 5.85. The Morgan fingerprint density at radius 1 is 1.50 bits per heavy atom. The van der Waals surface area contributed by atoms with E-state index in [1.807, 2.05) is 24.3 Å². The number of thioether (sulfide) groups is 1. The number of amidine groups is 1. The topological polar surface area (TPSA) is 79.5 Å². The molecule has 2 aliphatic rings. The maximum Gasteiger partial charge on any atom is 0.231 e. The fourth-order valence-electron chi connectivity index (χ4n) is 2.04. The number of nitrogens with zero attached hydrogens (tertiary/aromatic N) is 1. The van der Waals surface area contributed by atoms with Crippen molar-refractivity contribution in [2.24, 2.45) is 10.8 Å². The van der Waals surface area contributed by atoms with Crippen LogP contribution in [0.25, 0.3) is 0 Å². The van der Waals surface area contributed by atoms with Crippen LogP contribution >= 0.6 is 11.8 Å². The minimum absolute atomic E-state index is 0.00431. The van der Waals surface area contributed by atoms with Crippen molar-refractivity contribution in [1.29, 1.82) is 0 Å². The highest BCUT2D eigenvalue weighted by Gasteiger charge is 2.49. The Balaban J connectivity index is 2.17. The predicted molar refractivity (Wildman–Crippen MR) is 63.1 cm³/mol. The van der Waals surface area contributed by atoms with Gasteiger partial charge in [-0.25, -0.2) is 10.8 Å². The minimum Gasteiger partial charge on any atom is -0.330 e. The van der Waals surface area contributed by atoms with Gasteiger partial charge < -0.3 is 10.7 Å². The lowest BCUT2D eigenvalue weighted by atomic mass is 10.1. The molecule has 1 unspecified atom stereocenters. The van der Waals surface area contributed by atoms with Crippen molar-refractivity contribution in [3.63, 3.8) is 0 Å². The second kappa shape index (κ2) is 3.23. The van der Waals surface area contributed by atoms with Crippen molar-refractivity contribution in [3.8, 4) is 0 Å². The third-order valence-electron chi connectivity index (χ3n) is 2.72. The number of hydrogen-bond acceptors (Lipinski definition) is 5. The van der Waals surface area contributed by atoms with Gasteiger partial charge in [-0.15, -0.1) is 11.8 Å². The van der Waals surface area contributed by atoms with E-state index in [9.17, 15) is 4.79 Å². The molecule has 4 N–H and O–H groups in total. The average Bonchev–Trinajstić information content (AvgIpc) is 2.83. The van der Waals surface area contributed by atoms with E-state index >= 15 is 0 Å². The van der Waals surface area contributed by atoms with E-state index in [1.54, 1.807) is 0 Å². The van der Waals surface area contributed by atoms with Crippen molar-refractivity contribution in [2.45, 2.75) is 4.87 Å². The van der Waals surface area contributed by atoms with Gasteiger partial charge in [-0.3, -0.25) is 4.79 Å². The van der Waals surface area contributed by atoms with Crippen molar-refractivity contribution in [2.75, 3.05) is 5.75 Å². The summed E-state index contributed by atoms with van der Waals surface area (Å²) >= 11 is 1.50. The Morgan fingerprint density at radius 3 is 3.00 bits per heavy atom. The number of benzene rings is 1. The first-order chi connectivity index (χ1) is 7.76. The molecule has 1 saturated heterocycles. The highest BCUT2D eigenvalue weighted by atomic mass is 32.2. The summed E-state index contributed by atoms with van der Waals surface area (Å²) in [5.74, 6) is 6.49. The van der Waals surface area contributed by atoms with Crippen molar-refractivity contribution >= 4 is 29.2 Å². The molecule has 1 amide bonds. The molecular formula is C10H10N4OS. The smallest absolute Gasteiger partial charge is 0.231 e. The van der Waals surface area contributed by atoms with E-state index in [2.05, 4.69) is 15.7 Å². The van der Waals surface area contributed by atoms with Crippen LogP contribution in [0, 0.1) is 0 Å². The molecule has 82 valence electrons. The van der Waals surface area contributed by atoms with Crippen molar-refractivity contribution in [1.82, 2.24) is 10.7 Å². The quantitative estimate of drug-likeness (QED) is 0.443. The number of amides is 1. The lowest BCUT2D eigenvalue weighted by Gasteiger charge is -2.25. The Bertz CT molecular complexity index is 501. The molecule has 3 rings (SSSR count). The van der Waals surface area contributed by atoms with Gasteiger partial charge in [-0.05, 0) is 6.07 Å². The monoisotopic (exact) mass is 234 g/mol. The van der Waals surface area contributed by atoms with Crippen LogP contribution in [-0.4, -0.2) is 17.5 Å². The van der Waals surface area contributed by atoms with Gasteiger partial charge in [0.2, 0.25) is 5.91 Å². The molecule has 1 aromatic carbocycles. The summed E-state index contributed by atoms with van der Waals surface area (Å²) in [4.78, 5) is 15.2. The van der Waals surface area contributed by atoms with E-state index in [0.29, 0.717) is 11.6 Å². The fourth-order valence-corrected chi connectivity index (χ4v) is 3.22. The second-order valence-corrected chi connectivity index (χ2v) is 4.83. The Labute approximate surface area is 96.5 Å². The largest absolute Gasteiger partial charge is 0.330 e. The van der Waals surface area contributed by atoms with Gasteiger partial charge >= 0.3 is 0 Å². The van der Waals surface area contributed by atoms with Gasteiger partial charge in [0.25, 0.3) is 0 Å². The van der Waals surface area contributed by atoms with Crippen LogP contribution in [-0.2, 0) is 9.67 Å². The van der Waals surface area contributed by atoms with Gasteiger partial charge in [-0.2, -0.15) is 0 Å². The molecule has 1 aromatic rings. The van der Waals surface area contributed by atoms with Gasteiger partial charge in [0, 0.05) is 5.56 Å². The predicted octanol–water partition coefficient (Wildman–Crippen LogP) is 0.209. The number of carbonyl (C=O) groups excluding carboxylic acids is 1. The minimum atomic E-state index is -0.609. The summed E-state index contributed by atoms with van der Waals surface area (Å²) in [6.45, 7) is 0. The number of rotatable bonds is 0. The molecule has 2 aliphatic heterocycles. The number of para-hydroxylation sites is 1. The number of aliphatic imine (C=N–C) groups is 1.